The van der Waals surface area contributed by atoms with Crippen molar-refractivity contribution in [3.05, 3.63) is 52.0 Å². The third kappa shape index (κ3) is 4.42. The lowest BCUT2D eigenvalue weighted by molar-refractivity contribution is 0.0944. The fraction of sp³-hybridized carbons (Fsp3) is 0.250. The summed E-state index contributed by atoms with van der Waals surface area (Å²) in [5.74, 6) is 5.66. The maximum absolute atomic E-state index is 12.2. The number of thiophene rings is 1. The molecule has 0 saturated heterocycles. The second kappa shape index (κ2) is 7.58. The summed E-state index contributed by atoms with van der Waals surface area (Å²) in [6, 6.07) is 7.27. The van der Waals surface area contributed by atoms with Gasteiger partial charge in [0.05, 0.1) is 22.4 Å². The van der Waals surface area contributed by atoms with Crippen LogP contribution in [0.25, 0.3) is 0 Å². The Morgan fingerprint density at radius 2 is 2.14 bits per heavy atom. The molecule has 0 radical (unpaired) electrons. The smallest absolute Gasteiger partial charge is 0.261 e. The van der Waals surface area contributed by atoms with Gasteiger partial charge in [-0.3, -0.25) is 9.78 Å². The number of nitrogens with one attached hydrogen (secondary N) is 1. The SMILES string of the molecule is CC(NC(=O)c1ccc(C#CCCO)s1)c1ccncc1. The zero-order chi connectivity index (χ0) is 15.1. The largest absolute Gasteiger partial charge is 0.395 e. The van der Waals surface area contributed by atoms with Gasteiger partial charge in [-0.15, -0.1) is 11.3 Å². The maximum atomic E-state index is 12.2. The van der Waals surface area contributed by atoms with E-state index in [-0.39, 0.29) is 18.6 Å². The van der Waals surface area contributed by atoms with Gasteiger partial charge < -0.3 is 10.4 Å². The van der Waals surface area contributed by atoms with Crippen LogP contribution in [-0.2, 0) is 0 Å². The summed E-state index contributed by atoms with van der Waals surface area (Å²) in [7, 11) is 0. The zero-order valence-electron chi connectivity index (χ0n) is 11.7. The van der Waals surface area contributed by atoms with Crippen molar-refractivity contribution in [1.82, 2.24) is 10.3 Å². The number of rotatable bonds is 4. The van der Waals surface area contributed by atoms with Gasteiger partial charge >= 0.3 is 0 Å². The van der Waals surface area contributed by atoms with E-state index in [0.717, 1.165) is 10.4 Å². The van der Waals surface area contributed by atoms with Gasteiger partial charge in [0.15, 0.2) is 0 Å². The van der Waals surface area contributed by atoms with E-state index < -0.39 is 0 Å². The van der Waals surface area contributed by atoms with Crippen LogP contribution in [0.3, 0.4) is 0 Å². The third-order valence-electron chi connectivity index (χ3n) is 2.83. The predicted octanol–water partition coefficient (Wildman–Crippen LogP) is 2.37. The molecule has 4 nitrogen and oxygen atoms in total. The fourth-order valence-corrected chi connectivity index (χ4v) is 2.52. The molecule has 2 aromatic heterocycles. The molecule has 5 heteroatoms. The molecule has 2 heterocycles. The van der Waals surface area contributed by atoms with Crippen molar-refractivity contribution < 1.29 is 9.90 Å². The molecule has 0 bridgehead atoms. The van der Waals surface area contributed by atoms with Gasteiger partial charge in [0.2, 0.25) is 0 Å². The Balaban J connectivity index is 1.99. The highest BCUT2D eigenvalue weighted by Gasteiger charge is 2.12. The van der Waals surface area contributed by atoms with E-state index in [1.165, 1.54) is 11.3 Å². The molecule has 0 spiro atoms. The average molecular weight is 300 g/mol. The first kappa shape index (κ1) is 15.2. The first-order valence-electron chi connectivity index (χ1n) is 6.61. The zero-order valence-corrected chi connectivity index (χ0v) is 12.5. The lowest BCUT2D eigenvalue weighted by atomic mass is 10.1. The first-order chi connectivity index (χ1) is 10.2. The summed E-state index contributed by atoms with van der Waals surface area (Å²) >= 11 is 1.35. The highest BCUT2D eigenvalue weighted by molar-refractivity contribution is 7.14. The summed E-state index contributed by atoms with van der Waals surface area (Å²) in [6.45, 7) is 1.98. The minimum atomic E-state index is -0.112. The number of hydrogen-bond donors (Lipinski definition) is 2. The number of hydrogen-bond acceptors (Lipinski definition) is 4. The summed E-state index contributed by atoms with van der Waals surface area (Å²) in [5, 5.41) is 11.6. The quantitative estimate of drug-likeness (QED) is 0.852. The molecule has 0 fully saturated rings. The van der Waals surface area contributed by atoms with Crippen molar-refractivity contribution in [2.24, 2.45) is 0 Å². The number of aliphatic hydroxyl groups is 1. The van der Waals surface area contributed by atoms with Crippen LogP contribution < -0.4 is 5.32 Å². The van der Waals surface area contributed by atoms with Crippen LogP contribution in [0.5, 0.6) is 0 Å². The Hall–Kier alpha value is -2.16. The number of nitrogens with zero attached hydrogens (tertiary/aromatic N) is 1. The Labute approximate surface area is 127 Å². The van der Waals surface area contributed by atoms with E-state index in [0.29, 0.717) is 11.3 Å². The molecule has 21 heavy (non-hydrogen) atoms. The summed E-state index contributed by atoms with van der Waals surface area (Å²) in [4.78, 5) is 17.6. The van der Waals surface area contributed by atoms with Gasteiger partial charge in [-0.05, 0) is 36.8 Å². The van der Waals surface area contributed by atoms with Gasteiger partial charge in [-0.2, -0.15) is 0 Å². The van der Waals surface area contributed by atoms with Crippen LogP contribution in [0.2, 0.25) is 0 Å². The lowest BCUT2D eigenvalue weighted by Gasteiger charge is -2.13. The number of pyridine rings is 1. The monoisotopic (exact) mass is 300 g/mol. The van der Waals surface area contributed by atoms with Crippen molar-refractivity contribution >= 4 is 17.2 Å². The van der Waals surface area contributed by atoms with E-state index >= 15 is 0 Å². The standard InChI is InChI=1S/C16H16N2O2S/c1-12(13-7-9-17-10-8-13)18-16(20)15-6-5-14(21-15)4-2-3-11-19/h5-10,12,19H,3,11H2,1H3,(H,18,20). The molecule has 2 N–H and O–H groups in total. The van der Waals surface area contributed by atoms with Crippen LogP contribution in [0.1, 0.15) is 39.5 Å². The Bertz CT molecular complexity index is 656. The highest BCUT2D eigenvalue weighted by Crippen LogP contribution is 2.17. The van der Waals surface area contributed by atoms with Gasteiger partial charge in [-0.25, -0.2) is 0 Å². The first-order valence-corrected chi connectivity index (χ1v) is 7.42. The summed E-state index contributed by atoms with van der Waals surface area (Å²) in [6.07, 6.45) is 3.86. The number of aliphatic hydroxyl groups excluding tert-OH is 1. The van der Waals surface area contributed by atoms with E-state index in [4.69, 9.17) is 5.11 Å². The third-order valence-corrected chi connectivity index (χ3v) is 3.83. The van der Waals surface area contributed by atoms with Crippen LogP contribution in [0.15, 0.2) is 36.7 Å². The number of aromatic nitrogens is 1. The molecule has 0 aromatic carbocycles. The second-order valence-corrected chi connectivity index (χ2v) is 5.50. The Morgan fingerprint density at radius 3 is 2.86 bits per heavy atom. The van der Waals surface area contributed by atoms with Crippen molar-refractivity contribution in [2.75, 3.05) is 6.61 Å². The van der Waals surface area contributed by atoms with Crippen molar-refractivity contribution in [3.8, 4) is 11.8 Å². The molecule has 0 aliphatic heterocycles. The second-order valence-electron chi connectivity index (χ2n) is 4.41. The molecule has 2 aromatic rings. The average Bonchev–Trinajstić information content (AvgIpc) is 2.97. The molecule has 1 amide bonds. The minimum Gasteiger partial charge on any atom is -0.395 e. The molecule has 0 aliphatic rings. The number of carbonyl (C=O) groups excluding carboxylic acids is 1. The van der Waals surface area contributed by atoms with Crippen molar-refractivity contribution in [2.45, 2.75) is 19.4 Å². The number of carbonyl (C=O) groups is 1. The molecule has 1 unspecified atom stereocenters. The van der Waals surface area contributed by atoms with Crippen molar-refractivity contribution in [3.63, 3.8) is 0 Å². The predicted molar refractivity (Wildman–Crippen MR) is 83.0 cm³/mol. The molecule has 108 valence electrons. The fourth-order valence-electron chi connectivity index (χ4n) is 1.74. The molecule has 1 atom stereocenters. The van der Waals surface area contributed by atoms with Crippen LogP contribution >= 0.6 is 11.3 Å². The lowest BCUT2D eigenvalue weighted by Crippen LogP contribution is -2.25. The molecule has 0 saturated carbocycles. The summed E-state index contributed by atoms with van der Waals surface area (Å²) in [5.41, 5.74) is 1.01. The maximum Gasteiger partial charge on any atom is 0.261 e. The van der Waals surface area contributed by atoms with E-state index in [2.05, 4.69) is 22.1 Å². The normalized spacial score (nSPS) is 11.3. The molecule has 0 aliphatic carbocycles. The van der Waals surface area contributed by atoms with Crippen LogP contribution in [-0.4, -0.2) is 22.6 Å². The number of amides is 1. The minimum absolute atomic E-state index is 0.0508. The molecule has 2 rings (SSSR count). The van der Waals surface area contributed by atoms with E-state index in [1.807, 2.05) is 25.1 Å². The summed E-state index contributed by atoms with van der Waals surface area (Å²) < 4.78 is 0. The van der Waals surface area contributed by atoms with Gasteiger partial charge in [0.1, 0.15) is 0 Å². The van der Waals surface area contributed by atoms with Crippen LogP contribution in [0, 0.1) is 11.8 Å². The Kier molecular flexibility index (Phi) is 5.50. The Morgan fingerprint density at radius 1 is 1.38 bits per heavy atom. The molecular weight excluding hydrogens is 284 g/mol. The molecular formula is C16H16N2O2S. The highest BCUT2D eigenvalue weighted by atomic mass is 32.1. The van der Waals surface area contributed by atoms with Gasteiger partial charge in [0.25, 0.3) is 5.91 Å². The van der Waals surface area contributed by atoms with Gasteiger partial charge in [0, 0.05) is 18.8 Å². The van der Waals surface area contributed by atoms with Gasteiger partial charge in [-0.1, -0.05) is 11.8 Å². The van der Waals surface area contributed by atoms with E-state index in [9.17, 15) is 4.79 Å². The van der Waals surface area contributed by atoms with Crippen molar-refractivity contribution in [1.29, 1.82) is 0 Å². The van der Waals surface area contributed by atoms with Crippen LogP contribution in [0.4, 0.5) is 0 Å². The topological polar surface area (TPSA) is 62.2 Å². The van der Waals surface area contributed by atoms with E-state index in [1.54, 1.807) is 18.5 Å².